The van der Waals surface area contributed by atoms with Crippen molar-refractivity contribution in [1.82, 2.24) is 0 Å². The maximum Gasteiger partial charge on any atom is 0.124 e. The van der Waals surface area contributed by atoms with Crippen LogP contribution in [0.2, 0.25) is 0 Å². The molecule has 0 radical (unpaired) electrons. The second kappa shape index (κ2) is 7.64. The molecule has 0 aliphatic rings. The molecule has 2 aromatic carbocycles. The zero-order chi connectivity index (χ0) is 15.1. The number of rotatable bonds is 7. The Morgan fingerprint density at radius 1 is 1.29 bits per heavy atom. The van der Waals surface area contributed by atoms with E-state index in [-0.39, 0.29) is 5.75 Å². The van der Waals surface area contributed by atoms with E-state index in [9.17, 15) is 5.11 Å². The van der Waals surface area contributed by atoms with Crippen LogP contribution in [0.15, 0.2) is 60.0 Å². The monoisotopic (exact) mass is 301 g/mol. The van der Waals surface area contributed by atoms with E-state index in [0.29, 0.717) is 12.3 Å². The molecule has 0 unspecified atom stereocenters. The summed E-state index contributed by atoms with van der Waals surface area (Å²) in [6, 6.07) is 13.4. The van der Waals surface area contributed by atoms with Gasteiger partial charge in [-0.25, -0.2) is 0 Å². The molecular formula is C17H19NO2S. The van der Waals surface area contributed by atoms with E-state index in [1.165, 1.54) is 4.90 Å². The van der Waals surface area contributed by atoms with Gasteiger partial charge in [0.2, 0.25) is 0 Å². The molecule has 0 saturated heterocycles. The first-order valence-corrected chi connectivity index (χ1v) is 7.65. The van der Waals surface area contributed by atoms with E-state index in [4.69, 9.17) is 4.74 Å². The fraction of sp³-hybridized carbons (Fsp3) is 0.176. The van der Waals surface area contributed by atoms with E-state index >= 15 is 0 Å². The summed E-state index contributed by atoms with van der Waals surface area (Å²) in [6.07, 6.45) is 1.89. The lowest BCUT2D eigenvalue weighted by Crippen LogP contribution is -2.01. The Bertz CT molecular complexity index is 613. The Morgan fingerprint density at radius 2 is 2.10 bits per heavy atom. The number of benzene rings is 2. The van der Waals surface area contributed by atoms with Gasteiger partial charge in [0.05, 0.1) is 7.11 Å². The lowest BCUT2D eigenvalue weighted by molar-refractivity contribution is 0.406. The number of thioether (sulfide) groups is 1. The molecule has 0 saturated carbocycles. The number of phenolic OH excluding ortho intramolecular Hbond substituents is 1. The number of nitrogens with one attached hydrogen (secondary N) is 1. The van der Waals surface area contributed by atoms with E-state index in [1.54, 1.807) is 24.9 Å². The maximum atomic E-state index is 9.97. The predicted octanol–water partition coefficient (Wildman–Crippen LogP) is 4.29. The van der Waals surface area contributed by atoms with Gasteiger partial charge < -0.3 is 15.2 Å². The van der Waals surface area contributed by atoms with Crippen molar-refractivity contribution in [1.29, 1.82) is 0 Å². The molecule has 0 aliphatic carbocycles. The zero-order valence-electron chi connectivity index (χ0n) is 12.0. The van der Waals surface area contributed by atoms with E-state index in [2.05, 4.69) is 18.0 Å². The summed E-state index contributed by atoms with van der Waals surface area (Å²) in [4.78, 5) is 1.17. The summed E-state index contributed by atoms with van der Waals surface area (Å²) in [6.45, 7) is 4.30. The number of ether oxygens (including phenoxy) is 1. The molecule has 0 aliphatic heterocycles. The molecule has 110 valence electrons. The van der Waals surface area contributed by atoms with Crippen molar-refractivity contribution in [3.8, 4) is 11.5 Å². The Balaban J connectivity index is 2.07. The number of hydrogen-bond donors (Lipinski definition) is 2. The van der Waals surface area contributed by atoms with Crippen LogP contribution in [0.1, 0.15) is 5.56 Å². The van der Waals surface area contributed by atoms with Gasteiger partial charge in [-0.15, -0.1) is 18.3 Å². The van der Waals surface area contributed by atoms with Crippen molar-refractivity contribution in [2.75, 3.05) is 18.2 Å². The highest BCUT2D eigenvalue weighted by Gasteiger charge is 2.05. The Hall–Kier alpha value is -2.07. The van der Waals surface area contributed by atoms with Crippen molar-refractivity contribution in [2.24, 2.45) is 0 Å². The lowest BCUT2D eigenvalue weighted by Gasteiger charge is -2.12. The highest BCUT2D eigenvalue weighted by atomic mass is 32.2. The SMILES string of the molecule is C=CCSc1ccccc1NCc1ccc(OC)cc1O. The average molecular weight is 301 g/mol. The minimum atomic E-state index is 0.234. The molecule has 2 N–H and O–H groups in total. The van der Waals surface area contributed by atoms with Crippen LogP contribution in [0.5, 0.6) is 11.5 Å². The molecule has 0 spiro atoms. The minimum absolute atomic E-state index is 0.234. The molecule has 21 heavy (non-hydrogen) atoms. The van der Waals surface area contributed by atoms with E-state index in [0.717, 1.165) is 17.0 Å². The van der Waals surface area contributed by atoms with Gasteiger partial charge in [0.1, 0.15) is 11.5 Å². The summed E-state index contributed by atoms with van der Waals surface area (Å²) in [5.74, 6) is 1.75. The number of aromatic hydroxyl groups is 1. The lowest BCUT2D eigenvalue weighted by atomic mass is 10.2. The van der Waals surface area contributed by atoms with Crippen molar-refractivity contribution < 1.29 is 9.84 Å². The third-order valence-corrected chi connectivity index (χ3v) is 4.07. The highest BCUT2D eigenvalue weighted by molar-refractivity contribution is 7.99. The van der Waals surface area contributed by atoms with Gasteiger partial charge in [0.25, 0.3) is 0 Å². The van der Waals surface area contributed by atoms with Crippen LogP contribution < -0.4 is 10.1 Å². The molecule has 3 nitrogen and oxygen atoms in total. The molecule has 4 heteroatoms. The van der Waals surface area contributed by atoms with E-state index in [1.807, 2.05) is 36.4 Å². The molecule has 0 aromatic heterocycles. The van der Waals surface area contributed by atoms with Crippen LogP contribution in [-0.4, -0.2) is 18.0 Å². The van der Waals surface area contributed by atoms with Crippen LogP contribution in [0.4, 0.5) is 5.69 Å². The first-order valence-electron chi connectivity index (χ1n) is 6.67. The van der Waals surface area contributed by atoms with Crippen LogP contribution >= 0.6 is 11.8 Å². The molecule has 0 amide bonds. The van der Waals surface area contributed by atoms with Crippen molar-refractivity contribution >= 4 is 17.4 Å². The summed E-state index contributed by atoms with van der Waals surface area (Å²) >= 11 is 1.73. The van der Waals surface area contributed by atoms with Gasteiger partial charge in [-0.1, -0.05) is 18.2 Å². The minimum Gasteiger partial charge on any atom is -0.507 e. The highest BCUT2D eigenvalue weighted by Crippen LogP contribution is 2.29. The number of para-hydroxylation sites is 1. The van der Waals surface area contributed by atoms with Crippen LogP contribution in [0.25, 0.3) is 0 Å². The Kier molecular flexibility index (Phi) is 5.58. The van der Waals surface area contributed by atoms with Crippen molar-refractivity contribution in [3.63, 3.8) is 0 Å². The van der Waals surface area contributed by atoms with Gasteiger partial charge >= 0.3 is 0 Å². The zero-order valence-corrected chi connectivity index (χ0v) is 12.8. The second-order valence-corrected chi connectivity index (χ2v) is 5.51. The quantitative estimate of drug-likeness (QED) is 0.591. The maximum absolute atomic E-state index is 9.97. The molecule has 0 fully saturated rings. The summed E-state index contributed by atoms with van der Waals surface area (Å²) in [5.41, 5.74) is 1.89. The first kappa shape index (κ1) is 15.3. The molecule has 2 aromatic rings. The van der Waals surface area contributed by atoms with Crippen LogP contribution in [0.3, 0.4) is 0 Å². The van der Waals surface area contributed by atoms with Gasteiger partial charge in [-0.2, -0.15) is 0 Å². The van der Waals surface area contributed by atoms with Gasteiger partial charge in [0, 0.05) is 34.5 Å². The number of hydrogen-bond acceptors (Lipinski definition) is 4. The van der Waals surface area contributed by atoms with Gasteiger partial charge in [-0.05, 0) is 24.3 Å². The van der Waals surface area contributed by atoms with Gasteiger partial charge in [-0.3, -0.25) is 0 Å². The Labute approximate surface area is 129 Å². The third kappa shape index (κ3) is 4.20. The summed E-state index contributed by atoms with van der Waals surface area (Å²) in [7, 11) is 1.58. The van der Waals surface area contributed by atoms with Crippen LogP contribution in [0, 0.1) is 0 Å². The van der Waals surface area contributed by atoms with Crippen molar-refractivity contribution in [2.45, 2.75) is 11.4 Å². The molecule has 0 heterocycles. The smallest absolute Gasteiger partial charge is 0.124 e. The summed E-state index contributed by atoms with van der Waals surface area (Å²) in [5, 5.41) is 13.3. The average Bonchev–Trinajstić information content (AvgIpc) is 2.52. The van der Waals surface area contributed by atoms with Crippen LogP contribution in [-0.2, 0) is 6.54 Å². The fourth-order valence-electron chi connectivity index (χ4n) is 1.90. The number of methoxy groups -OCH3 is 1. The standard InChI is InChI=1S/C17H19NO2S/c1-3-10-21-17-7-5-4-6-15(17)18-12-13-8-9-14(20-2)11-16(13)19/h3-9,11,18-19H,1,10,12H2,2H3. The van der Waals surface area contributed by atoms with E-state index < -0.39 is 0 Å². The third-order valence-electron chi connectivity index (χ3n) is 3.01. The topological polar surface area (TPSA) is 41.5 Å². The number of phenols is 1. The fourth-order valence-corrected chi connectivity index (χ4v) is 2.67. The molecule has 0 atom stereocenters. The van der Waals surface area contributed by atoms with Crippen molar-refractivity contribution in [3.05, 3.63) is 60.7 Å². The second-order valence-electron chi connectivity index (χ2n) is 4.44. The predicted molar refractivity (Wildman–Crippen MR) is 89.3 cm³/mol. The largest absolute Gasteiger partial charge is 0.507 e. The summed E-state index contributed by atoms with van der Waals surface area (Å²) < 4.78 is 5.08. The molecule has 2 rings (SSSR count). The van der Waals surface area contributed by atoms with Gasteiger partial charge in [0.15, 0.2) is 0 Å². The first-order chi connectivity index (χ1) is 10.2. The molecular weight excluding hydrogens is 282 g/mol. The normalized spacial score (nSPS) is 10.1. The molecule has 0 bridgehead atoms. The Morgan fingerprint density at radius 3 is 2.81 bits per heavy atom. The number of anilines is 1.